The normalized spacial score (nSPS) is 10.3. The van der Waals surface area contributed by atoms with Crippen LogP contribution >= 0.6 is 11.6 Å². The Kier molecular flexibility index (Phi) is 6.36. The van der Waals surface area contributed by atoms with Crippen LogP contribution in [0.4, 0.5) is 5.69 Å². The van der Waals surface area contributed by atoms with Crippen LogP contribution in [-0.4, -0.2) is 17.8 Å². The van der Waals surface area contributed by atoms with Crippen molar-refractivity contribution in [1.29, 1.82) is 0 Å². The fraction of sp³-hybridized carbons (Fsp3) is 0.211. The van der Waals surface area contributed by atoms with E-state index in [1.54, 1.807) is 26.0 Å². The van der Waals surface area contributed by atoms with Gasteiger partial charge in [0.2, 0.25) is 5.91 Å². The molecule has 0 aromatic heterocycles. The van der Waals surface area contributed by atoms with Crippen LogP contribution in [0.15, 0.2) is 42.5 Å². The minimum Gasteiger partial charge on any atom is -0.427 e. The molecule has 0 heterocycles. The molecule has 0 radical (unpaired) electrons. The van der Waals surface area contributed by atoms with E-state index < -0.39 is 11.9 Å². The van der Waals surface area contributed by atoms with Crippen LogP contribution < -0.4 is 14.8 Å². The average Bonchev–Trinajstić information content (AvgIpc) is 2.54. The SMILES string of the molecule is CC(=O)Oc1cc(Cl)cc(OC(=O)c2ccc(NC(=O)C(C)C)cc2)c1. The summed E-state index contributed by atoms with van der Waals surface area (Å²) in [5.74, 6) is -1.05. The molecule has 0 aliphatic heterocycles. The van der Waals surface area contributed by atoms with Gasteiger partial charge in [-0.15, -0.1) is 0 Å². The monoisotopic (exact) mass is 375 g/mol. The van der Waals surface area contributed by atoms with Gasteiger partial charge in [-0.05, 0) is 36.4 Å². The van der Waals surface area contributed by atoms with Crippen molar-refractivity contribution >= 4 is 35.1 Å². The Morgan fingerprint density at radius 1 is 0.962 bits per heavy atom. The number of amides is 1. The third-order valence-electron chi connectivity index (χ3n) is 3.23. The molecule has 1 amide bonds. The summed E-state index contributed by atoms with van der Waals surface area (Å²) in [6, 6.07) is 10.6. The van der Waals surface area contributed by atoms with E-state index in [-0.39, 0.29) is 28.3 Å². The van der Waals surface area contributed by atoms with Crippen molar-refractivity contribution in [3.05, 3.63) is 53.1 Å². The molecule has 0 atom stereocenters. The lowest BCUT2D eigenvalue weighted by atomic mass is 10.1. The topological polar surface area (TPSA) is 81.7 Å². The van der Waals surface area contributed by atoms with Gasteiger partial charge in [0.1, 0.15) is 11.5 Å². The Morgan fingerprint density at radius 3 is 2.08 bits per heavy atom. The van der Waals surface area contributed by atoms with Crippen LogP contribution in [0.3, 0.4) is 0 Å². The lowest BCUT2D eigenvalue weighted by Gasteiger charge is -2.09. The zero-order valence-electron chi connectivity index (χ0n) is 14.5. The van der Waals surface area contributed by atoms with E-state index in [0.717, 1.165) is 0 Å². The molecule has 0 spiro atoms. The number of hydrogen-bond acceptors (Lipinski definition) is 5. The predicted octanol–water partition coefficient (Wildman–Crippen LogP) is 4.08. The number of benzene rings is 2. The van der Waals surface area contributed by atoms with Gasteiger partial charge in [-0.25, -0.2) is 4.79 Å². The molecule has 136 valence electrons. The van der Waals surface area contributed by atoms with E-state index in [2.05, 4.69) is 5.32 Å². The second kappa shape index (κ2) is 8.49. The predicted molar refractivity (Wildman–Crippen MR) is 97.6 cm³/mol. The molecular formula is C19H18ClNO5. The summed E-state index contributed by atoms with van der Waals surface area (Å²) in [5.41, 5.74) is 0.877. The van der Waals surface area contributed by atoms with Crippen molar-refractivity contribution in [1.82, 2.24) is 0 Å². The Balaban J connectivity index is 2.09. The molecule has 7 heteroatoms. The Hall–Kier alpha value is -2.86. The van der Waals surface area contributed by atoms with Crippen LogP contribution in [0.2, 0.25) is 5.02 Å². The lowest BCUT2D eigenvalue weighted by Crippen LogP contribution is -2.17. The summed E-state index contributed by atoms with van der Waals surface area (Å²) in [5, 5.41) is 3.00. The number of carbonyl (C=O) groups excluding carboxylic acids is 3. The summed E-state index contributed by atoms with van der Waals surface area (Å²) < 4.78 is 10.2. The third-order valence-corrected chi connectivity index (χ3v) is 3.45. The van der Waals surface area contributed by atoms with Crippen molar-refractivity contribution in [2.75, 3.05) is 5.32 Å². The highest BCUT2D eigenvalue weighted by molar-refractivity contribution is 6.30. The summed E-state index contributed by atoms with van der Waals surface area (Å²) in [6.45, 7) is 4.83. The molecule has 6 nitrogen and oxygen atoms in total. The van der Waals surface area contributed by atoms with E-state index in [0.29, 0.717) is 11.3 Å². The molecule has 0 aliphatic rings. The highest BCUT2D eigenvalue weighted by Gasteiger charge is 2.12. The second-order valence-corrected chi connectivity index (χ2v) is 6.26. The quantitative estimate of drug-likeness (QED) is 0.629. The first-order chi connectivity index (χ1) is 12.2. The smallest absolute Gasteiger partial charge is 0.343 e. The molecule has 0 unspecified atom stereocenters. The van der Waals surface area contributed by atoms with Crippen LogP contribution in [0.5, 0.6) is 11.5 Å². The zero-order chi connectivity index (χ0) is 19.3. The number of carbonyl (C=O) groups is 3. The molecule has 26 heavy (non-hydrogen) atoms. The van der Waals surface area contributed by atoms with Crippen molar-refractivity contribution in [2.24, 2.45) is 5.92 Å². The van der Waals surface area contributed by atoms with Crippen molar-refractivity contribution in [2.45, 2.75) is 20.8 Å². The molecule has 0 aliphatic carbocycles. The Morgan fingerprint density at radius 2 is 1.54 bits per heavy atom. The van der Waals surface area contributed by atoms with Crippen molar-refractivity contribution < 1.29 is 23.9 Å². The highest BCUT2D eigenvalue weighted by Crippen LogP contribution is 2.27. The lowest BCUT2D eigenvalue weighted by molar-refractivity contribution is -0.131. The van der Waals surface area contributed by atoms with E-state index in [1.165, 1.54) is 37.3 Å². The molecule has 2 rings (SSSR count). The van der Waals surface area contributed by atoms with Gasteiger partial charge < -0.3 is 14.8 Å². The minimum atomic E-state index is -0.609. The van der Waals surface area contributed by atoms with Gasteiger partial charge in [0, 0.05) is 29.6 Å². The molecule has 0 saturated heterocycles. The molecule has 2 aromatic rings. The first kappa shape index (κ1) is 19.5. The maximum atomic E-state index is 12.2. The van der Waals surface area contributed by atoms with Crippen LogP contribution in [0.25, 0.3) is 0 Å². The molecule has 2 aromatic carbocycles. The summed E-state index contributed by atoms with van der Waals surface area (Å²) >= 11 is 5.93. The zero-order valence-corrected chi connectivity index (χ0v) is 15.3. The minimum absolute atomic E-state index is 0.114. The standard InChI is InChI=1S/C19H18ClNO5/c1-11(2)18(23)21-15-6-4-13(5-7-15)19(24)26-17-9-14(20)8-16(10-17)25-12(3)22/h4-11H,1-3H3,(H,21,23). The van der Waals surface area contributed by atoms with Gasteiger partial charge in [0.15, 0.2) is 0 Å². The van der Waals surface area contributed by atoms with Gasteiger partial charge in [-0.2, -0.15) is 0 Å². The average molecular weight is 376 g/mol. The number of nitrogens with one attached hydrogen (secondary N) is 1. The number of hydrogen-bond donors (Lipinski definition) is 1. The number of ether oxygens (including phenoxy) is 2. The molecular weight excluding hydrogens is 358 g/mol. The number of anilines is 1. The Bertz CT molecular complexity index is 830. The second-order valence-electron chi connectivity index (χ2n) is 5.83. The maximum absolute atomic E-state index is 12.2. The van der Waals surface area contributed by atoms with Gasteiger partial charge >= 0.3 is 11.9 Å². The van der Waals surface area contributed by atoms with Crippen LogP contribution in [0.1, 0.15) is 31.1 Å². The number of rotatable bonds is 5. The largest absolute Gasteiger partial charge is 0.427 e. The first-order valence-electron chi connectivity index (χ1n) is 7.86. The van der Waals surface area contributed by atoms with Gasteiger partial charge in [0.05, 0.1) is 5.56 Å². The Labute approximate surface area is 156 Å². The molecule has 0 saturated carbocycles. The summed E-state index contributed by atoms with van der Waals surface area (Å²) in [7, 11) is 0. The van der Waals surface area contributed by atoms with E-state index >= 15 is 0 Å². The highest BCUT2D eigenvalue weighted by atomic mass is 35.5. The molecule has 0 fully saturated rings. The number of halogens is 1. The fourth-order valence-electron chi connectivity index (χ4n) is 1.96. The molecule has 0 bridgehead atoms. The maximum Gasteiger partial charge on any atom is 0.343 e. The summed E-state index contributed by atoms with van der Waals surface area (Å²) in [6.07, 6.45) is 0. The van der Waals surface area contributed by atoms with E-state index in [4.69, 9.17) is 21.1 Å². The fourth-order valence-corrected chi connectivity index (χ4v) is 2.18. The van der Waals surface area contributed by atoms with Crippen LogP contribution in [0, 0.1) is 5.92 Å². The van der Waals surface area contributed by atoms with E-state index in [1.807, 2.05) is 0 Å². The number of esters is 2. The van der Waals surface area contributed by atoms with Gasteiger partial charge in [-0.3, -0.25) is 9.59 Å². The summed E-state index contributed by atoms with van der Waals surface area (Å²) in [4.78, 5) is 34.9. The van der Waals surface area contributed by atoms with Crippen molar-refractivity contribution in [3.8, 4) is 11.5 Å². The van der Waals surface area contributed by atoms with Gasteiger partial charge in [-0.1, -0.05) is 25.4 Å². The van der Waals surface area contributed by atoms with Crippen LogP contribution in [-0.2, 0) is 9.59 Å². The molecule has 1 N–H and O–H groups in total. The van der Waals surface area contributed by atoms with Gasteiger partial charge in [0.25, 0.3) is 0 Å². The van der Waals surface area contributed by atoms with E-state index in [9.17, 15) is 14.4 Å². The third kappa shape index (κ3) is 5.60. The van der Waals surface area contributed by atoms with Crippen molar-refractivity contribution in [3.63, 3.8) is 0 Å². The first-order valence-corrected chi connectivity index (χ1v) is 8.24.